The Kier molecular flexibility index (Phi) is 4.43. The van der Waals surface area contributed by atoms with Crippen LogP contribution in [0, 0.1) is 6.92 Å². The minimum Gasteiger partial charge on any atom is -0.356 e. The fourth-order valence-electron chi connectivity index (χ4n) is 2.77. The van der Waals surface area contributed by atoms with E-state index in [1.165, 1.54) is 0 Å². The number of halogens is 1. The Labute approximate surface area is 136 Å². The molecule has 1 saturated heterocycles. The average molecular weight is 318 g/mol. The van der Waals surface area contributed by atoms with E-state index >= 15 is 0 Å². The van der Waals surface area contributed by atoms with Gasteiger partial charge in [0.2, 0.25) is 5.95 Å². The zero-order valence-electron chi connectivity index (χ0n) is 12.9. The van der Waals surface area contributed by atoms with Crippen LogP contribution < -0.4 is 9.80 Å². The van der Waals surface area contributed by atoms with Gasteiger partial charge in [-0.1, -0.05) is 11.6 Å². The van der Waals surface area contributed by atoms with E-state index in [-0.39, 0.29) is 0 Å². The number of aryl methyl sites for hydroxylation is 1. The molecule has 22 heavy (non-hydrogen) atoms. The number of rotatable bonds is 3. The lowest BCUT2D eigenvalue weighted by molar-refractivity contribution is 0.475. The van der Waals surface area contributed by atoms with Crippen LogP contribution in [0.4, 0.5) is 11.8 Å². The number of nitrogens with zero attached hydrogens (tertiary/aromatic N) is 5. The first-order valence-corrected chi connectivity index (χ1v) is 7.89. The van der Waals surface area contributed by atoms with Crippen LogP contribution in [0.1, 0.15) is 18.4 Å². The quantitative estimate of drug-likeness (QED) is 0.871. The molecule has 0 atom stereocenters. The molecule has 2 aromatic rings. The molecule has 1 aliphatic heterocycles. The topological polar surface area (TPSA) is 45.2 Å². The Bertz CT molecular complexity index is 605. The summed E-state index contributed by atoms with van der Waals surface area (Å²) in [6.45, 7) is 3.96. The molecule has 6 heteroatoms. The molecule has 5 nitrogen and oxygen atoms in total. The highest BCUT2D eigenvalue weighted by atomic mass is 35.5. The third-order valence-electron chi connectivity index (χ3n) is 4.13. The van der Waals surface area contributed by atoms with Gasteiger partial charge in [-0.2, -0.15) is 0 Å². The van der Waals surface area contributed by atoms with Crippen molar-refractivity contribution in [3.63, 3.8) is 0 Å². The SMILES string of the molecule is Cc1cnc(N(C)C2CCN(c3ccc(Cl)cn3)CC2)nc1. The van der Waals surface area contributed by atoms with Crippen molar-refractivity contribution in [2.75, 3.05) is 29.9 Å². The summed E-state index contributed by atoms with van der Waals surface area (Å²) in [6.07, 6.45) is 7.57. The van der Waals surface area contributed by atoms with Crippen molar-refractivity contribution in [1.29, 1.82) is 0 Å². The smallest absolute Gasteiger partial charge is 0.225 e. The summed E-state index contributed by atoms with van der Waals surface area (Å²) >= 11 is 5.89. The van der Waals surface area contributed by atoms with Gasteiger partial charge in [0, 0.05) is 44.8 Å². The van der Waals surface area contributed by atoms with Crippen molar-refractivity contribution < 1.29 is 0 Å². The number of hydrogen-bond acceptors (Lipinski definition) is 5. The molecule has 0 aliphatic carbocycles. The lowest BCUT2D eigenvalue weighted by Gasteiger charge is -2.37. The van der Waals surface area contributed by atoms with Crippen molar-refractivity contribution >= 4 is 23.4 Å². The van der Waals surface area contributed by atoms with Gasteiger partial charge in [-0.3, -0.25) is 0 Å². The Hall–Kier alpha value is -1.88. The predicted molar refractivity (Wildman–Crippen MR) is 89.7 cm³/mol. The lowest BCUT2D eigenvalue weighted by atomic mass is 10.0. The van der Waals surface area contributed by atoms with Crippen LogP contribution in [-0.4, -0.2) is 41.1 Å². The molecule has 2 aromatic heterocycles. The van der Waals surface area contributed by atoms with Gasteiger partial charge in [0.1, 0.15) is 5.82 Å². The minimum absolute atomic E-state index is 0.464. The third-order valence-corrected chi connectivity index (χ3v) is 4.35. The monoisotopic (exact) mass is 317 g/mol. The fourth-order valence-corrected chi connectivity index (χ4v) is 2.88. The number of pyridine rings is 1. The first kappa shape index (κ1) is 15.0. The third kappa shape index (κ3) is 3.30. The average Bonchev–Trinajstić information content (AvgIpc) is 2.56. The van der Waals surface area contributed by atoms with Crippen LogP contribution in [0.25, 0.3) is 0 Å². The van der Waals surface area contributed by atoms with E-state index in [0.717, 1.165) is 43.3 Å². The van der Waals surface area contributed by atoms with Gasteiger partial charge in [-0.25, -0.2) is 15.0 Å². The van der Waals surface area contributed by atoms with Crippen LogP contribution in [0.5, 0.6) is 0 Å². The molecule has 0 N–H and O–H groups in total. The fraction of sp³-hybridized carbons (Fsp3) is 0.438. The second-order valence-electron chi connectivity index (χ2n) is 5.72. The molecule has 116 valence electrons. The Morgan fingerprint density at radius 3 is 2.36 bits per heavy atom. The van der Waals surface area contributed by atoms with Crippen molar-refractivity contribution in [3.05, 3.63) is 41.3 Å². The molecule has 0 radical (unpaired) electrons. The standard InChI is InChI=1S/C16H20ClN5/c1-12-9-19-16(20-10-12)21(2)14-5-7-22(8-6-14)15-4-3-13(17)11-18-15/h3-4,9-11,14H,5-8H2,1-2H3. The molecule has 0 bridgehead atoms. The lowest BCUT2D eigenvalue weighted by Crippen LogP contribution is -2.44. The zero-order valence-corrected chi connectivity index (χ0v) is 13.7. The van der Waals surface area contributed by atoms with Crippen molar-refractivity contribution in [1.82, 2.24) is 15.0 Å². The van der Waals surface area contributed by atoms with Crippen molar-refractivity contribution in [2.45, 2.75) is 25.8 Å². The van der Waals surface area contributed by atoms with E-state index in [2.05, 4.69) is 31.8 Å². The summed E-state index contributed by atoms with van der Waals surface area (Å²) in [7, 11) is 2.07. The van der Waals surface area contributed by atoms with Crippen LogP contribution in [0.3, 0.4) is 0 Å². The highest BCUT2D eigenvalue weighted by molar-refractivity contribution is 6.30. The van der Waals surface area contributed by atoms with E-state index in [1.807, 2.05) is 31.5 Å². The van der Waals surface area contributed by atoms with Crippen LogP contribution in [-0.2, 0) is 0 Å². The first-order chi connectivity index (χ1) is 10.6. The van der Waals surface area contributed by atoms with E-state index in [9.17, 15) is 0 Å². The second-order valence-corrected chi connectivity index (χ2v) is 6.16. The molecule has 1 aliphatic rings. The van der Waals surface area contributed by atoms with Crippen molar-refractivity contribution in [3.8, 4) is 0 Å². The molecule has 0 aromatic carbocycles. The van der Waals surface area contributed by atoms with Crippen LogP contribution in [0.15, 0.2) is 30.7 Å². The largest absolute Gasteiger partial charge is 0.356 e. The van der Waals surface area contributed by atoms with Gasteiger partial charge in [-0.15, -0.1) is 0 Å². The number of anilines is 2. The van der Waals surface area contributed by atoms with Gasteiger partial charge < -0.3 is 9.80 Å². The predicted octanol–water partition coefficient (Wildman–Crippen LogP) is 2.94. The van der Waals surface area contributed by atoms with Gasteiger partial charge >= 0.3 is 0 Å². The molecule has 0 spiro atoms. The summed E-state index contributed by atoms with van der Waals surface area (Å²) < 4.78 is 0. The Balaban J connectivity index is 1.61. The van der Waals surface area contributed by atoms with E-state index in [4.69, 9.17) is 11.6 Å². The summed E-state index contributed by atoms with van der Waals surface area (Å²) in [5, 5.41) is 0.676. The van der Waals surface area contributed by atoms with E-state index in [1.54, 1.807) is 6.20 Å². The maximum atomic E-state index is 5.89. The Morgan fingerprint density at radius 2 is 1.77 bits per heavy atom. The molecular formula is C16H20ClN5. The van der Waals surface area contributed by atoms with Crippen LogP contribution >= 0.6 is 11.6 Å². The number of hydrogen-bond donors (Lipinski definition) is 0. The highest BCUT2D eigenvalue weighted by Crippen LogP contribution is 2.23. The maximum absolute atomic E-state index is 5.89. The molecule has 0 amide bonds. The molecule has 3 rings (SSSR count). The molecule has 0 saturated carbocycles. The van der Waals surface area contributed by atoms with Gasteiger partial charge in [0.05, 0.1) is 5.02 Å². The zero-order chi connectivity index (χ0) is 15.5. The molecule has 3 heterocycles. The summed E-state index contributed by atoms with van der Waals surface area (Å²) in [5.41, 5.74) is 1.08. The van der Waals surface area contributed by atoms with Gasteiger partial charge in [-0.05, 0) is 37.5 Å². The maximum Gasteiger partial charge on any atom is 0.225 e. The van der Waals surface area contributed by atoms with Gasteiger partial charge in [0.25, 0.3) is 0 Å². The number of piperidine rings is 1. The first-order valence-electron chi connectivity index (χ1n) is 7.51. The normalized spacial score (nSPS) is 15.9. The minimum atomic E-state index is 0.464. The molecule has 1 fully saturated rings. The van der Waals surface area contributed by atoms with E-state index in [0.29, 0.717) is 11.1 Å². The summed E-state index contributed by atoms with van der Waals surface area (Å²) in [5.74, 6) is 1.80. The van der Waals surface area contributed by atoms with Crippen LogP contribution in [0.2, 0.25) is 5.02 Å². The molecular weight excluding hydrogens is 298 g/mol. The molecule has 0 unspecified atom stereocenters. The van der Waals surface area contributed by atoms with Crippen molar-refractivity contribution in [2.24, 2.45) is 0 Å². The summed E-state index contributed by atoms with van der Waals surface area (Å²) in [4.78, 5) is 17.7. The Morgan fingerprint density at radius 1 is 1.09 bits per heavy atom. The van der Waals surface area contributed by atoms with E-state index < -0.39 is 0 Å². The second kappa shape index (κ2) is 6.48. The number of aromatic nitrogens is 3. The van der Waals surface area contributed by atoms with Gasteiger partial charge in [0.15, 0.2) is 0 Å². The highest BCUT2D eigenvalue weighted by Gasteiger charge is 2.24. The summed E-state index contributed by atoms with van der Waals surface area (Å²) in [6, 6.07) is 4.34.